The number of fused-ring (bicyclic) bond motifs is 10. The van der Waals surface area contributed by atoms with Crippen molar-refractivity contribution in [1.29, 1.82) is 0 Å². The summed E-state index contributed by atoms with van der Waals surface area (Å²) in [5, 5.41) is 11.3. The molecule has 1 atom stereocenters. The quantitative estimate of drug-likeness (QED) is 0.331. The molecule has 0 radical (unpaired) electrons. The van der Waals surface area contributed by atoms with Crippen LogP contribution in [0, 0.1) is 5.41 Å². The number of benzene rings is 4. The molecular weight excluding hydrogens is 415 g/mol. The summed E-state index contributed by atoms with van der Waals surface area (Å²) in [5.41, 5.74) is 10.3. The first kappa shape index (κ1) is 21.4. The summed E-state index contributed by atoms with van der Waals surface area (Å²) < 4.78 is 6.19. The van der Waals surface area contributed by atoms with Gasteiger partial charge in [-0.05, 0) is 62.3 Å². The van der Waals surface area contributed by atoms with Crippen LogP contribution >= 0.6 is 0 Å². The second-order valence-corrected chi connectivity index (χ2v) is 10.7. The molecule has 6 rings (SSSR count). The van der Waals surface area contributed by atoms with Gasteiger partial charge in [-0.1, -0.05) is 112 Å². The predicted octanol–water partition coefficient (Wildman–Crippen LogP) is 6.17. The molecule has 0 bridgehead atoms. The minimum atomic E-state index is -1.00. The molecule has 34 heavy (non-hydrogen) atoms. The number of rotatable bonds is 3. The predicted molar refractivity (Wildman–Crippen MR) is 140 cm³/mol. The largest absolute Gasteiger partial charge is 0.492 e. The van der Waals surface area contributed by atoms with E-state index in [1.807, 2.05) is 13.0 Å². The normalized spacial score (nSPS) is 15.4. The highest BCUT2D eigenvalue weighted by Crippen LogP contribution is 2.62. The van der Waals surface area contributed by atoms with E-state index >= 15 is 0 Å². The zero-order chi connectivity index (χ0) is 23.7. The first-order valence-electron chi connectivity index (χ1n) is 12.1. The Morgan fingerprint density at radius 2 is 1.15 bits per heavy atom. The van der Waals surface area contributed by atoms with Crippen LogP contribution in [0.4, 0.5) is 0 Å². The number of hydrogen-bond acceptors (Lipinski definition) is 2. The van der Waals surface area contributed by atoms with E-state index < -0.39 is 12.5 Å². The van der Waals surface area contributed by atoms with E-state index in [2.05, 4.69) is 106 Å². The van der Waals surface area contributed by atoms with Crippen LogP contribution in [0.25, 0.3) is 22.3 Å². The molecule has 168 valence electrons. The number of hydrogen-bond donors (Lipinski definition) is 1. The molecule has 2 aliphatic rings. The summed E-state index contributed by atoms with van der Waals surface area (Å²) in [7, 11) is -1.00. The Kier molecular flexibility index (Phi) is 4.68. The van der Waals surface area contributed by atoms with Crippen molar-refractivity contribution in [3.63, 3.8) is 0 Å². The molecule has 1 N–H and O–H groups in total. The van der Waals surface area contributed by atoms with Gasteiger partial charge in [0.05, 0.1) is 5.41 Å². The van der Waals surface area contributed by atoms with Gasteiger partial charge in [-0.3, -0.25) is 0 Å². The van der Waals surface area contributed by atoms with Crippen LogP contribution in [-0.4, -0.2) is 18.2 Å². The third-order valence-corrected chi connectivity index (χ3v) is 7.87. The van der Waals surface area contributed by atoms with Crippen molar-refractivity contribution < 1.29 is 9.68 Å². The van der Waals surface area contributed by atoms with E-state index in [1.165, 1.54) is 38.9 Å². The summed E-state index contributed by atoms with van der Waals surface area (Å²) in [6.45, 7) is 8.44. The van der Waals surface area contributed by atoms with Crippen LogP contribution in [0.15, 0.2) is 91.0 Å². The molecule has 3 heteroatoms. The van der Waals surface area contributed by atoms with Gasteiger partial charge in [0.25, 0.3) is 0 Å². The van der Waals surface area contributed by atoms with Gasteiger partial charge < -0.3 is 9.68 Å². The molecule has 0 heterocycles. The van der Waals surface area contributed by atoms with Crippen molar-refractivity contribution in [2.24, 2.45) is 5.41 Å². The summed E-state index contributed by atoms with van der Waals surface area (Å²) in [6.07, 6.45) is -0.100. The fraction of sp³-hybridized carbons (Fsp3) is 0.226. The molecule has 2 nitrogen and oxygen atoms in total. The highest BCUT2D eigenvalue weighted by atomic mass is 16.5. The molecule has 0 saturated heterocycles. The molecule has 0 aromatic heterocycles. The van der Waals surface area contributed by atoms with E-state index in [9.17, 15) is 5.02 Å². The Labute approximate surface area is 202 Å². The van der Waals surface area contributed by atoms with Crippen LogP contribution in [-0.2, 0) is 10.1 Å². The van der Waals surface area contributed by atoms with Gasteiger partial charge in [0.15, 0.2) is 0 Å². The van der Waals surface area contributed by atoms with Crippen molar-refractivity contribution in [3.05, 3.63) is 113 Å². The van der Waals surface area contributed by atoms with Crippen LogP contribution in [0.5, 0.6) is 0 Å². The minimum absolute atomic E-state index is 0.0681. The second-order valence-electron chi connectivity index (χ2n) is 10.7. The van der Waals surface area contributed by atoms with Crippen molar-refractivity contribution in [3.8, 4) is 22.3 Å². The molecule has 1 unspecified atom stereocenters. The monoisotopic (exact) mass is 444 g/mol. The van der Waals surface area contributed by atoms with Gasteiger partial charge in [0, 0.05) is 6.10 Å². The molecule has 4 aromatic carbocycles. The Balaban J connectivity index is 1.65. The van der Waals surface area contributed by atoms with Crippen molar-refractivity contribution in [2.45, 2.75) is 39.2 Å². The highest BCUT2D eigenvalue weighted by molar-refractivity contribution is 6.62. The van der Waals surface area contributed by atoms with E-state index in [0.717, 1.165) is 11.0 Å². The lowest BCUT2D eigenvalue weighted by molar-refractivity contribution is 0.0859. The summed E-state index contributed by atoms with van der Waals surface area (Å²) in [4.78, 5) is 0. The minimum Gasteiger partial charge on any atom is -0.423 e. The maximum atomic E-state index is 11.3. The summed E-state index contributed by atoms with van der Waals surface area (Å²) >= 11 is 0. The standard InChI is InChI=1S/C31H29BO2/c1-20(30(2,3)4)34-32(33)28-19-11-18-27-29(28)23-14-7-10-17-26(23)31(27)24-15-8-5-12-21(24)22-13-6-9-16-25(22)31/h5-20,33H,1-4H3. The SMILES string of the molecule is CC(OB(O)c1cccc2c1-c1ccccc1C21c2ccccc2-c2ccccc21)C(C)(C)C. The zero-order valence-corrected chi connectivity index (χ0v) is 20.2. The lowest BCUT2D eigenvalue weighted by Crippen LogP contribution is -2.42. The Morgan fingerprint density at radius 3 is 1.71 bits per heavy atom. The molecular formula is C31H29BO2. The highest BCUT2D eigenvalue weighted by Gasteiger charge is 2.52. The Hall–Kier alpha value is -3.14. The van der Waals surface area contributed by atoms with Crippen molar-refractivity contribution >= 4 is 12.6 Å². The van der Waals surface area contributed by atoms with E-state index in [0.29, 0.717) is 0 Å². The zero-order valence-electron chi connectivity index (χ0n) is 20.2. The second kappa shape index (κ2) is 7.43. The smallest absolute Gasteiger partial charge is 0.423 e. The van der Waals surface area contributed by atoms with Gasteiger partial charge in [-0.15, -0.1) is 0 Å². The molecule has 0 fully saturated rings. The van der Waals surface area contributed by atoms with Gasteiger partial charge >= 0.3 is 7.12 Å². The van der Waals surface area contributed by atoms with Gasteiger partial charge in [-0.2, -0.15) is 0 Å². The Morgan fingerprint density at radius 1 is 0.676 bits per heavy atom. The average molecular weight is 444 g/mol. The molecule has 0 amide bonds. The van der Waals surface area contributed by atoms with Crippen LogP contribution < -0.4 is 5.46 Å². The first-order chi connectivity index (χ1) is 16.3. The van der Waals surface area contributed by atoms with Gasteiger partial charge in [0.1, 0.15) is 0 Å². The third kappa shape index (κ3) is 2.78. The molecule has 2 aliphatic carbocycles. The Bertz CT molecular complexity index is 1370. The van der Waals surface area contributed by atoms with E-state index in [1.54, 1.807) is 0 Å². The summed E-state index contributed by atoms with van der Waals surface area (Å²) in [6, 6.07) is 32.5. The fourth-order valence-electron chi connectivity index (χ4n) is 5.85. The van der Waals surface area contributed by atoms with Gasteiger partial charge in [0.2, 0.25) is 0 Å². The average Bonchev–Trinajstić information content (AvgIpc) is 3.31. The van der Waals surface area contributed by atoms with Gasteiger partial charge in [-0.25, -0.2) is 0 Å². The lowest BCUT2D eigenvalue weighted by Gasteiger charge is -2.31. The van der Waals surface area contributed by atoms with Crippen molar-refractivity contribution in [2.75, 3.05) is 0 Å². The molecule has 1 spiro atoms. The van der Waals surface area contributed by atoms with E-state index in [4.69, 9.17) is 4.65 Å². The lowest BCUT2D eigenvalue weighted by atomic mass is 9.68. The van der Waals surface area contributed by atoms with Crippen LogP contribution in [0.2, 0.25) is 0 Å². The maximum Gasteiger partial charge on any atom is 0.492 e. The summed E-state index contributed by atoms with van der Waals surface area (Å²) in [5.74, 6) is 0. The van der Waals surface area contributed by atoms with Crippen LogP contribution in [0.3, 0.4) is 0 Å². The first-order valence-corrected chi connectivity index (χ1v) is 12.1. The van der Waals surface area contributed by atoms with Crippen LogP contribution in [0.1, 0.15) is 49.9 Å². The maximum absolute atomic E-state index is 11.3. The molecule has 0 saturated carbocycles. The van der Waals surface area contributed by atoms with Crippen molar-refractivity contribution in [1.82, 2.24) is 0 Å². The molecule has 4 aromatic rings. The topological polar surface area (TPSA) is 29.5 Å². The fourth-order valence-corrected chi connectivity index (χ4v) is 5.85. The molecule has 0 aliphatic heterocycles. The third-order valence-electron chi connectivity index (χ3n) is 7.87. The van der Waals surface area contributed by atoms with E-state index in [-0.39, 0.29) is 11.5 Å².